The van der Waals surface area contributed by atoms with Gasteiger partial charge in [-0.2, -0.15) is 5.26 Å². The monoisotopic (exact) mass is 189 g/mol. The Morgan fingerprint density at radius 2 is 2.21 bits per heavy atom. The summed E-state index contributed by atoms with van der Waals surface area (Å²) in [5.74, 6) is 0.151. The molecular weight excluding hydrogens is 178 g/mol. The number of carbonyl (C=O) groups excluding carboxylic acids is 1. The number of hydrogen-bond acceptors (Lipinski definition) is 3. The SMILES string of the molecule is CC(=O)Cc1cc(O)ccc1CC#N. The lowest BCUT2D eigenvalue weighted by Gasteiger charge is -2.05. The molecule has 3 heteroatoms. The standard InChI is InChI=1S/C11H11NO2/c1-8(13)6-10-7-11(14)3-2-9(10)4-5-12/h2-3,7,14H,4,6H2,1H3. The molecule has 0 radical (unpaired) electrons. The number of benzene rings is 1. The minimum absolute atomic E-state index is 0.0230. The van der Waals surface area contributed by atoms with E-state index in [9.17, 15) is 9.90 Å². The molecule has 0 aromatic heterocycles. The highest BCUT2D eigenvalue weighted by atomic mass is 16.3. The Morgan fingerprint density at radius 3 is 2.79 bits per heavy atom. The molecule has 1 aromatic rings. The molecule has 0 fully saturated rings. The summed E-state index contributed by atoms with van der Waals surface area (Å²) < 4.78 is 0. The van der Waals surface area contributed by atoms with E-state index >= 15 is 0 Å². The highest BCUT2D eigenvalue weighted by molar-refractivity contribution is 5.78. The molecule has 0 spiro atoms. The van der Waals surface area contributed by atoms with E-state index < -0.39 is 0 Å². The largest absolute Gasteiger partial charge is 0.508 e. The van der Waals surface area contributed by atoms with Crippen molar-refractivity contribution in [1.29, 1.82) is 5.26 Å². The van der Waals surface area contributed by atoms with Crippen molar-refractivity contribution >= 4 is 5.78 Å². The van der Waals surface area contributed by atoms with Gasteiger partial charge < -0.3 is 5.11 Å². The predicted molar refractivity (Wildman–Crippen MR) is 51.8 cm³/mol. The van der Waals surface area contributed by atoms with E-state index in [4.69, 9.17) is 5.26 Å². The molecule has 0 aliphatic heterocycles. The Morgan fingerprint density at radius 1 is 1.50 bits per heavy atom. The van der Waals surface area contributed by atoms with E-state index in [1.165, 1.54) is 19.1 Å². The van der Waals surface area contributed by atoms with Crippen LogP contribution in [0.2, 0.25) is 0 Å². The molecule has 0 amide bonds. The van der Waals surface area contributed by atoms with Crippen LogP contribution in [0.15, 0.2) is 18.2 Å². The lowest BCUT2D eigenvalue weighted by molar-refractivity contribution is -0.116. The van der Waals surface area contributed by atoms with Crippen LogP contribution in [0.25, 0.3) is 0 Å². The Kier molecular flexibility index (Phi) is 3.24. The van der Waals surface area contributed by atoms with Crippen molar-refractivity contribution in [2.45, 2.75) is 19.8 Å². The van der Waals surface area contributed by atoms with Crippen molar-refractivity contribution in [3.8, 4) is 11.8 Å². The molecule has 1 aromatic carbocycles. The number of hydrogen-bond donors (Lipinski definition) is 1. The van der Waals surface area contributed by atoms with Gasteiger partial charge in [-0.3, -0.25) is 4.79 Å². The molecule has 1 N–H and O–H groups in total. The van der Waals surface area contributed by atoms with Crippen LogP contribution >= 0.6 is 0 Å². The van der Waals surface area contributed by atoms with Crippen LogP contribution in [0.4, 0.5) is 0 Å². The summed E-state index contributed by atoms with van der Waals surface area (Å²) in [7, 11) is 0. The average Bonchev–Trinajstić information content (AvgIpc) is 2.09. The molecule has 1 rings (SSSR count). The second-order valence-corrected chi connectivity index (χ2v) is 3.17. The van der Waals surface area contributed by atoms with Crippen LogP contribution in [0, 0.1) is 11.3 Å². The minimum atomic E-state index is 0.0230. The van der Waals surface area contributed by atoms with Crippen LogP contribution in [-0.2, 0) is 17.6 Å². The first-order chi connectivity index (χ1) is 6.63. The van der Waals surface area contributed by atoms with Crippen molar-refractivity contribution in [3.63, 3.8) is 0 Å². The Hall–Kier alpha value is -1.82. The molecule has 14 heavy (non-hydrogen) atoms. The van der Waals surface area contributed by atoms with E-state index in [1.54, 1.807) is 6.07 Å². The molecule has 0 saturated carbocycles. The predicted octanol–water partition coefficient (Wildman–Crippen LogP) is 1.59. The fourth-order valence-electron chi connectivity index (χ4n) is 1.30. The summed E-state index contributed by atoms with van der Waals surface area (Å²) in [6.07, 6.45) is 0.536. The smallest absolute Gasteiger partial charge is 0.134 e. The maximum Gasteiger partial charge on any atom is 0.134 e. The quantitative estimate of drug-likeness (QED) is 0.785. The molecule has 0 saturated heterocycles. The molecular formula is C11H11NO2. The van der Waals surface area contributed by atoms with E-state index in [2.05, 4.69) is 0 Å². The van der Waals surface area contributed by atoms with Gasteiger partial charge in [-0.1, -0.05) is 6.07 Å². The molecule has 72 valence electrons. The zero-order chi connectivity index (χ0) is 10.6. The van der Waals surface area contributed by atoms with Gasteiger partial charge in [0, 0.05) is 6.42 Å². The van der Waals surface area contributed by atoms with Crippen LogP contribution in [-0.4, -0.2) is 10.9 Å². The third-order valence-corrected chi connectivity index (χ3v) is 1.90. The van der Waals surface area contributed by atoms with E-state index in [1.807, 2.05) is 6.07 Å². The first-order valence-electron chi connectivity index (χ1n) is 4.30. The third kappa shape index (κ3) is 2.60. The normalized spacial score (nSPS) is 9.43. The molecule has 0 aliphatic carbocycles. The number of phenols is 1. The average molecular weight is 189 g/mol. The number of phenolic OH excluding ortho intramolecular Hbond substituents is 1. The maximum atomic E-state index is 10.9. The van der Waals surface area contributed by atoms with Gasteiger partial charge in [-0.05, 0) is 30.2 Å². The number of rotatable bonds is 3. The third-order valence-electron chi connectivity index (χ3n) is 1.90. The van der Waals surface area contributed by atoms with Crippen molar-refractivity contribution in [3.05, 3.63) is 29.3 Å². The topological polar surface area (TPSA) is 61.1 Å². The van der Waals surface area contributed by atoms with Crippen molar-refractivity contribution in [2.75, 3.05) is 0 Å². The van der Waals surface area contributed by atoms with Crippen molar-refractivity contribution in [1.82, 2.24) is 0 Å². The molecule has 0 atom stereocenters. The molecule has 0 heterocycles. The second kappa shape index (κ2) is 4.43. The molecule has 0 unspecified atom stereocenters. The first-order valence-corrected chi connectivity index (χ1v) is 4.30. The lowest BCUT2D eigenvalue weighted by Crippen LogP contribution is -2.00. The number of Topliss-reactive ketones (excluding diaryl/α,β-unsaturated/α-hetero) is 1. The van der Waals surface area contributed by atoms with Gasteiger partial charge in [0.1, 0.15) is 11.5 Å². The zero-order valence-corrected chi connectivity index (χ0v) is 7.95. The molecule has 0 bridgehead atoms. The summed E-state index contributed by atoms with van der Waals surface area (Å²) in [5, 5.41) is 17.8. The van der Waals surface area contributed by atoms with Crippen molar-refractivity contribution in [2.24, 2.45) is 0 Å². The maximum absolute atomic E-state index is 10.9. The van der Waals surface area contributed by atoms with Crippen LogP contribution in [0.5, 0.6) is 5.75 Å². The van der Waals surface area contributed by atoms with Gasteiger partial charge in [-0.15, -0.1) is 0 Å². The highest BCUT2D eigenvalue weighted by Gasteiger charge is 2.05. The molecule has 3 nitrogen and oxygen atoms in total. The number of nitriles is 1. The van der Waals surface area contributed by atoms with Crippen LogP contribution < -0.4 is 0 Å². The number of aromatic hydroxyl groups is 1. The summed E-state index contributed by atoms with van der Waals surface area (Å²) >= 11 is 0. The van der Waals surface area contributed by atoms with Gasteiger partial charge >= 0.3 is 0 Å². The van der Waals surface area contributed by atoms with E-state index in [-0.39, 0.29) is 24.4 Å². The Labute approximate surface area is 82.6 Å². The second-order valence-electron chi connectivity index (χ2n) is 3.17. The molecule has 0 aliphatic rings. The van der Waals surface area contributed by atoms with Crippen LogP contribution in [0.3, 0.4) is 0 Å². The Balaban J connectivity index is 3.03. The fourth-order valence-corrected chi connectivity index (χ4v) is 1.30. The highest BCUT2D eigenvalue weighted by Crippen LogP contribution is 2.17. The van der Waals surface area contributed by atoms with Crippen molar-refractivity contribution < 1.29 is 9.90 Å². The Bertz CT molecular complexity index is 391. The minimum Gasteiger partial charge on any atom is -0.508 e. The van der Waals surface area contributed by atoms with Gasteiger partial charge in [0.25, 0.3) is 0 Å². The van der Waals surface area contributed by atoms with Gasteiger partial charge in [0.05, 0.1) is 12.5 Å². The summed E-state index contributed by atoms with van der Waals surface area (Å²) in [6.45, 7) is 1.49. The summed E-state index contributed by atoms with van der Waals surface area (Å²) in [5.41, 5.74) is 1.54. The lowest BCUT2D eigenvalue weighted by atomic mass is 10.0. The fraction of sp³-hybridized carbons (Fsp3) is 0.273. The number of nitrogens with zero attached hydrogens (tertiary/aromatic N) is 1. The summed E-state index contributed by atoms with van der Waals surface area (Å²) in [4.78, 5) is 10.9. The van der Waals surface area contributed by atoms with E-state index in [0.29, 0.717) is 0 Å². The van der Waals surface area contributed by atoms with Crippen LogP contribution in [0.1, 0.15) is 18.1 Å². The van der Waals surface area contributed by atoms with Gasteiger partial charge in [0.2, 0.25) is 0 Å². The first kappa shape index (κ1) is 10.3. The summed E-state index contributed by atoms with van der Waals surface area (Å²) in [6, 6.07) is 6.76. The van der Waals surface area contributed by atoms with Gasteiger partial charge in [0.15, 0.2) is 0 Å². The zero-order valence-electron chi connectivity index (χ0n) is 7.95. The number of ketones is 1. The van der Waals surface area contributed by atoms with Gasteiger partial charge in [-0.25, -0.2) is 0 Å². The van der Waals surface area contributed by atoms with E-state index in [0.717, 1.165) is 11.1 Å². The number of carbonyl (C=O) groups is 1.